The van der Waals surface area contributed by atoms with E-state index in [9.17, 15) is 0 Å². The first-order valence-electron chi connectivity index (χ1n) is 7.75. The minimum absolute atomic E-state index is 0.273. The van der Waals surface area contributed by atoms with E-state index in [1.54, 1.807) is 7.11 Å². The summed E-state index contributed by atoms with van der Waals surface area (Å²) in [7, 11) is 3.74. The van der Waals surface area contributed by atoms with E-state index in [0.717, 1.165) is 24.3 Å². The summed E-state index contributed by atoms with van der Waals surface area (Å²) in [5.74, 6) is 1.63. The van der Waals surface area contributed by atoms with Crippen molar-refractivity contribution < 1.29 is 14.2 Å². The van der Waals surface area contributed by atoms with Gasteiger partial charge in [-0.3, -0.25) is 0 Å². The van der Waals surface area contributed by atoms with Crippen molar-refractivity contribution >= 4 is 0 Å². The van der Waals surface area contributed by atoms with Crippen molar-refractivity contribution in [2.24, 2.45) is 0 Å². The van der Waals surface area contributed by atoms with Crippen molar-refractivity contribution in [1.82, 2.24) is 5.32 Å². The lowest BCUT2D eigenvalue weighted by molar-refractivity contribution is 0.106. The summed E-state index contributed by atoms with van der Waals surface area (Å²) in [5, 5.41) is 3.37. The molecule has 0 spiro atoms. The summed E-state index contributed by atoms with van der Waals surface area (Å²) in [5.41, 5.74) is 1.22. The van der Waals surface area contributed by atoms with Crippen molar-refractivity contribution in [3.63, 3.8) is 0 Å². The van der Waals surface area contributed by atoms with Crippen LogP contribution in [0.5, 0.6) is 11.5 Å². The number of rotatable bonds is 10. The molecule has 1 aromatic rings. The van der Waals surface area contributed by atoms with E-state index in [4.69, 9.17) is 14.2 Å². The number of nitrogens with one attached hydrogen (secondary N) is 1. The normalized spacial score (nSPS) is 13.8. The Morgan fingerprint density at radius 3 is 2.29 bits per heavy atom. The standard InChI is InChI=1S/C17H29NO3/c1-6-20-16-11-9-14(12-17(16)21-7-2)15(18-4)10-8-13(3)19-5/h9,11-13,15,18H,6-8,10H2,1-5H3. The van der Waals surface area contributed by atoms with Crippen LogP contribution in [0, 0.1) is 0 Å². The largest absolute Gasteiger partial charge is 0.490 e. The number of benzene rings is 1. The number of hydrogen-bond donors (Lipinski definition) is 1. The van der Waals surface area contributed by atoms with Gasteiger partial charge in [-0.25, -0.2) is 0 Å². The highest BCUT2D eigenvalue weighted by molar-refractivity contribution is 5.44. The molecule has 1 N–H and O–H groups in total. The summed E-state index contributed by atoms with van der Waals surface area (Å²) in [6.45, 7) is 7.33. The summed E-state index contributed by atoms with van der Waals surface area (Å²) in [4.78, 5) is 0. The maximum absolute atomic E-state index is 5.69. The van der Waals surface area contributed by atoms with Gasteiger partial charge in [0.25, 0.3) is 0 Å². The third-order valence-corrected chi connectivity index (χ3v) is 3.58. The topological polar surface area (TPSA) is 39.7 Å². The molecular weight excluding hydrogens is 266 g/mol. The van der Waals surface area contributed by atoms with Crippen molar-refractivity contribution in [1.29, 1.82) is 0 Å². The van der Waals surface area contributed by atoms with Crippen LogP contribution in [0.4, 0.5) is 0 Å². The molecule has 1 rings (SSSR count). The maximum Gasteiger partial charge on any atom is 0.161 e. The lowest BCUT2D eigenvalue weighted by Gasteiger charge is -2.20. The molecule has 21 heavy (non-hydrogen) atoms. The average molecular weight is 295 g/mol. The summed E-state index contributed by atoms with van der Waals surface area (Å²) >= 11 is 0. The maximum atomic E-state index is 5.69. The summed E-state index contributed by atoms with van der Waals surface area (Å²) in [6.07, 6.45) is 2.31. The Labute approximate surface area is 128 Å². The summed E-state index contributed by atoms with van der Waals surface area (Å²) in [6, 6.07) is 6.46. The van der Waals surface area contributed by atoms with Gasteiger partial charge in [-0.15, -0.1) is 0 Å². The van der Waals surface area contributed by atoms with Gasteiger partial charge in [0.1, 0.15) is 0 Å². The Balaban J connectivity index is 2.85. The Kier molecular flexibility index (Phi) is 8.16. The highest BCUT2D eigenvalue weighted by atomic mass is 16.5. The van der Waals surface area contributed by atoms with E-state index < -0.39 is 0 Å². The second-order valence-corrected chi connectivity index (χ2v) is 5.04. The lowest BCUT2D eigenvalue weighted by Crippen LogP contribution is -2.19. The molecule has 0 heterocycles. The predicted octanol–water partition coefficient (Wildman–Crippen LogP) is 3.56. The zero-order chi connectivity index (χ0) is 15.7. The van der Waals surface area contributed by atoms with Gasteiger partial charge in [-0.2, -0.15) is 0 Å². The van der Waals surface area contributed by atoms with Crippen molar-refractivity contribution in [2.45, 2.75) is 45.8 Å². The molecule has 2 unspecified atom stereocenters. The third-order valence-electron chi connectivity index (χ3n) is 3.58. The van der Waals surface area contributed by atoms with Gasteiger partial charge in [0, 0.05) is 13.2 Å². The van der Waals surface area contributed by atoms with Crippen LogP contribution in [0.1, 0.15) is 45.2 Å². The molecule has 0 aromatic heterocycles. The molecule has 0 bridgehead atoms. The van der Waals surface area contributed by atoms with Crippen LogP contribution < -0.4 is 14.8 Å². The molecule has 0 aliphatic heterocycles. The SMILES string of the molecule is CCOc1ccc(C(CCC(C)OC)NC)cc1OCC. The van der Waals surface area contributed by atoms with E-state index in [0.29, 0.717) is 13.2 Å². The Morgan fingerprint density at radius 2 is 1.71 bits per heavy atom. The van der Waals surface area contributed by atoms with Crippen LogP contribution in [-0.4, -0.2) is 33.5 Å². The second kappa shape index (κ2) is 9.64. The molecule has 0 radical (unpaired) electrons. The van der Waals surface area contributed by atoms with Crippen LogP contribution in [0.25, 0.3) is 0 Å². The molecule has 0 aliphatic carbocycles. The van der Waals surface area contributed by atoms with Crippen molar-refractivity contribution in [3.8, 4) is 11.5 Å². The van der Waals surface area contributed by atoms with E-state index in [1.165, 1.54) is 5.56 Å². The van der Waals surface area contributed by atoms with Crippen LogP contribution in [-0.2, 0) is 4.74 Å². The molecule has 120 valence electrons. The second-order valence-electron chi connectivity index (χ2n) is 5.04. The molecule has 0 fully saturated rings. The van der Waals surface area contributed by atoms with Gasteiger partial charge in [-0.1, -0.05) is 6.07 Å². The highest BCUT2D eigenvalue weighted by Crippen LogP contribution is 2.32. The van der Waals surface area contributed by atoms with Crippen LogP contribution in [0.15, 0.2) is 18.2 Å². The first kappa shape index (κ1) is 17.8. The molecule has 0 saturated heterocycles. The molecule has 4 nitrogen and oxygen atoms in total. The third kappa shape index (κ3) is 5.56. The minimum Gasteiger partial charge on any atom is -0.490 e. The van der Waals surface area contributed by atoms with Gasteiger partial charge < -0.3 is 19.5 Å². The molecule has 0 saturated carbocycles. The van der Waals surface area contributed by atoms with Gasteiger partial charge in [0.2, 0.25) is 0 Å². The van der Waals surface area contributed by atoms with E-state index in [2.05, 4.69) is 24.4 Å². The fourth-order valence-electron chi connectivity index (χ4n) is 2.28. The summed E-state index contributed by atoms with van der Waals surface area (Å²) < 4.78 is 16.6. The van der Waals surface area contributed by atoms with E-state index >= 15 is 0 Å². The van der Waals surface area contributed by atoms with Crippen molar-refractivity contribution in [2.75, 3.05) is 27.4 Å². The number of hydrogen-bond acceptors (Lipinski definition) is 4. The molecular formula is C17H29NO3. The van der Waals surface area contributed by atoms with Gasteiger partial charge >= 0.3 is 0 Å². The number of ether oxygens (including phenoxy) is 3. The van der Waals surface area contributed by atoms with Gasteiger partial charge in [0.15, 0.2) is 11.5 Å². The van der Waals surface area contributed by atoms with Crippen LogP contribution in [0.2, 0.25) is 0 Å². The first-order chi connectivity index (χ1) is 10.2. The fraction of sp³-hybridized carbons (Fsp3) is 0.647. The first-order valence-corrected chi connectivity index (χ1v) is 7.75. The average Bonchev–Trinajstić information content (AvgIpc) is 2.50. The number of methoxy groups -OCH3 is 1. The Bertz CT molecular complexity index is 409. The smallest absolute Gasteiger partial charge is 0.161 e. The monoisotopic (exact) mass is 295 g/mol. The van der Waals surface area contributed by atoms with Crippen molar-refractivity contribution in [3.05, 3.63) is 23.8 Å². The molecule has 2 atom stereocenters. The highest BCUT2D eigenvalue weighted by Gasteiger charge is 2.14. The fourth-order valence-corrected chi connectivity index (χ4v) is 2.28. The zero-order valence-electron chi connectivity index (χ0n) is 13.9. The Morgan fingerprint density at radius 1 is 1.05 bits per heavy atom. The minimum atomic E-state index is 0.273. The molecule has 1 aromatic carbocycles. The van der Waals surface area contributed by atoms with Gasteiger partial charge in [0.05, 0.1) is 19.3 Å². The van der Waals surface area contributed by atoms with E-state index in [1.807, 2.05) is 27.0 Å². The Hall–Kier alpha value is -1.26. The lowest BCUT2D eigenvalue weighted by atomic mass is 10.00. The molecule has 0 aliphatic rings. The van der Waals surface area contributed by atoms with Gasteiger partial charge in [-0.05, 0) is 58.4 Å². The van der Waals surface area contributed by atoms with E-state index in [-0.39, 0.29) is 12.1 Å². The van der Waals surface area contributed by atoms with Crippen LogP contribution in [0.3, 0.4) is 0 Å². The zero-order valence-corrected chi connectivity index (χ0v) is 13.9. The predicted molar refractivity (Wildman–Crippen MR) is 86.3 cm³/mol. The van der Waals surface area contributed by atoms with Crippen LogP contribution >= 0.6 is 0 Å². The molecule has 4 heteroatoms. The quantitative estimate of drug-likeness (QED) is 0.716. The molecule has 0 amide bonds.